The van der Waals surface area contributed by atoms with Crippen LogP contribution in [0.1, 0.15) is 11.1 Å². The number of H-pyrrole nitrogens is 1. The Labute approximate surface area is 204 Å². The third kappa shape index (κ3) is 5.10. The number of halogens is 3. The topological polar surface area (TPSA) is 92.7 Å². The number of nitrogens with zero attached hydrogens (tertiary/aromatic N) is 3. The number of aromatic amines is 1. The van der Waals surface area contributed by atoms with E-state index in [0.717, 1.165) is 46.0 Å². The van der Waals surface area contributed by atoms with Gasteiger partial charge in [-0.3, -0.25) is 9.40 Å². The van der Waals surface area contributed by atoms with E-state index in [9.17, 15) is 21.6 Å². The van der Waals surface area contributed by atoms with Crippen molar-refractivity contribution in [3.8, 4) is 22.3 Å². The van der Waals surface area contributed by atoms with Crippen LogP contribution in [0.4, 0.5) is 18.9 Å². The van der Waals surface area contributed by atoms with Crippen molar-refractivity contribution >= 4 is 26.7 Å². The van der Waals surface area contributed by atoms with Gasteiger partial charge in [-0.15, -0.1) is 0 Å². The van der Waals surface area contributed by atoms with Gasteiger partial charge in [-0.25, -0.2) is 13.4 Å². The molecule has 0 aliphatic heterocycles. The SMILES string of the molecule is CS(=O)(=O)Nc1cccc(-c2cnc3[nH]cc(-c4cnn(Cc5cccc(C(F)(F)F)c5)c4)c3c2)c1. The summed E-state index contributed by atoms with van der Waals surface area (Å²) in [7, 11) is -3.41. The van der Waals surface area contributed by atoms with E-state index in [4.69, 9.17) is 0 Å². The maximum absolute atomic E-state index is 13.0. The van der Waals surface area contributed by atoms with E-state index in [-0.39, 0.29) is 6.54 Å². The highest BCUT2D eigenvalue weighted by atomic mass is 32.2. The van der Waals surface area contributed by atoms with Crippen molar-refractivity contribution in [3.05, 3.63) is 90.5 Å². The fourth-order valence-corrected chi connectivity index (χ4v) is 4.55. The number of benzene rings is 2. The summed E-state index contributed by atoms with van der Waals surface area (Å²) in [6.07, 6.45) is 3.60. The lowest BCUT2D eigenvalue weighted by Gasteiger charge is -2.08. The van der Waals surface area contributed by atoms with Crippen LogP contribution in [0.2, 0.25) is 0 Å². The number of fused-ring (bicyclic) bond motifs is 1. The van der Waals surface area contributed by atoms with Gasteiger partial charge >= 0.3 is 6.18 Å². The molecule has 5 aromatic rings. The third-order valence-corrected chi connectivity index (χ3v) is 6.18. The summed E-state index contributed by atoms with van der Waals surface area (Å²) in [6, 6.07) is 14.1. The average Bonchev–Trinajstić information content (AvgIpc) is 3.44. The minimum atomic E-state index is -4.40. The third-order valence-electron chi connectivity index (χ3n) is 5.57. The molecule has 0 radical (unpaired) electrons. The molecule has 36 heavy (non-hydrogen) atoms. The number of nitrogens with one attached hydrogen (secondary N) is 2. The lowest BCUT2D eigenvalue weighted by atomic mass is 10.0. The van der Waals surface area contributed by atoms with Gasteiger partial charge in [0.15, 0.2) is 0 Å². The van der Waals surface area contributed by atoms with Crippen molar-refractivity contribution in [2.75, 3.05) is 11.0 Å². The van der Waals surface area contributed by atoms with E-state index in [1.165, 1.54) is 6.07 Å². The first-order valence-electron chi connectivity index (χ1n) is 10.8. The molecule has 0 aliphatic rings. The van der Waals surface area contributed by atoms with E-state index in [2.05, 4.69) is 19.8 Å². The Bertz CT molecular complexity index is 1670. The maximum Gasteiger partial charge on any atom is 0.416 e. The number of hydrogen-bond donors (Lipinski definition) is 2. The normalized spacial score (nSPS) is 12.2. The number of alkyl halides is 3. The molecule has 0 spiro atoms. The van der Waals surface area contributed by atoms with Crippen molar-refractivity contribution in [3.63, 3.8) is 0 Å². The second kappa shape index (κ2) is 8.83. The fraction of sp³-hybridized carbons (Fsp3) is 0.120. The standard InChI is InChI=1S/C25H20F3N5O2S/c1-36(34,35)32-21-7-3-5-17(9-21)18-10-22-23(13-30-24(22)29-11-18)19-12-31-33(15-19)14-16-4-2-6-20(8-16)25(26,27)28/h2-13,15,32H,14H2,1H3,(H,29,30). The van der Waals surface area contributed by atoms with Gasteiger partial charge in [0.05, 0.1) is 24.6 Å². The first-order valence-corrected chi connectivity index (χ1v) is 12.7. The van der Waals surface area contributed by atoms with E-state index >= 15 is 0 Å². The zero-order chi connectivity index (χ0) is 25.5. The Morgan fingerprint density at radius 2 is 1.81 bits per heavy atom. The van der Waals surface area contributed by atoms with Gasteiger partial charge in [0.2, 0.25) is 10.0 Å². The lowest BCUT2D eigenvalue weighted by molar-refractivity contribution is -0.137. The Morgan fingerprint density at radius 3 is 2.58 bits per heavy atom. The molecule has 0 bridgehead atoms. The fourth-order valence-electron chi connectivity index (χ4n) is 4.00. The Kier molecular flexibility index (Phi) is 5.79. The van der Waals surface area contributed by atoms with Crippen LogP contribution < -0.4 is 4.72 Å². The molecule has 11 heteroatoms. The molecular weight excluding hydrogens is 491 g/mol. The van der Waals surface area contributed by atoms with Crippen LogP contribution in [0.15, 0.2) is 79.4 Å². The largest absolute Gasteiger partial charge is 0.416 e. The van der Waals surface area contributed by atoms with Gasteiger partial charge in [0.1, 0.15) is 5.65 Å². The van der Waals surface area contributed by atoms with Gasteiger partial charge in [-0.1, -0.05) is 24.3 Å². The van der Waals surface area contributed by atoms with Crippen LogP contribution in [0.25, 0.3) is 33.3 Å². The van der Waals surface area contributed by atoms with Crippen LogP contribution in [-0.4, -0.2) is 34.4 Å². The molecule has 2 N–H and O–H groups in total. The second-order valence-corrected chi connectivity index (χ2v) is 10.2. The zero-order valence-electron chi connectivity index (χ0n) is 18.9. The van der Waals surface area contributed by atoms with Crippen LogP contribution >= 0.6 is 0 Å². The lowest BCUT2D eigenvalue weighted by Crippen LogP contribution is -2.09. The highest BCUT2D eigenvalue weighted by Gasteiger charge is 2.30. The minimum absolute atomic E-state index is 0.190. The molecular formula is C25H20F3N5O2S. The number of rotatable bonds is 6. The molecule has 0 aliphatic carbocycles. The number of anilines is 1. The van der Waals surface area contributed by atoms with E-state index in [1.807, 2.05) is 12.1 Å². The molecule has 0 saturated heterocycles. The summed E-state index contributed by atoms with van der Waals surface area (Å²) in [5.74, 6) is 0. The molecule has 184 valence electrons. The maximum atomic E-state index is 13.0. The van der Waals surface area contributed by atoms with Crippen molar-refractivity contribution in [2.24, 2.45) is 0 Å². The smallest absolute Gasteiger partial charge is 0.346 e. The second-order valence-electron chi connectivity index (χ2n) is 8.40. The van der Waals surface area contributed by atoms with Crippen molar-refractivity contribution in [1.82, 2.24) is 19.7 Å². The summed E-state index contributed by atoms with van der Waals surface area (Å²) in [4.78, 5) is 7.61. The molecule has 0 fully saturated rings. The summed E-state index contributed by atoms with van der Waals surface area (Å²) in [6.45, 7) is 0.190. The van der Waals surface area contributed by atoms with Gasteiger partial charge in [0, 0.05) is 46.4 Å². The summed E-state index contributed by atoms with van der Waals surface area (Å²) < 4.78 is 66.3. The van der Waals surface area contributed by atoms with Gasteiger partial charge < -0.3 is 4.98 Å². The first kappa shape index (κ1) is 23.6. The summed E-state index contributed by atoms with van der Waals surface area (Å²) >= 11 is 0. The minimum Gasteiger partial charge on any atom is -0.346 e. The van der Waals surface area contributed by atoms with Crippen LogP contribution in [0.5, 0.6) is 0 Å². The van der Waals surface area contributed by atoms with E-state index in [0.29, 0.717) is 16.9 Å². The highest BCUT2D eigenvalue weighted by Crippen LogP contribution is 2.32. The Morgan fingerprint density at radius 1 is 1.00 bits per heavy atom. The molecule has 7 nitrogen and oxygen atoms in total. The van der Waals surface area contributed by atoms with Crippen LogP contribution in [0, 0.1) is 0 Å². The monoisotopic (exact) mass is 511 g/mol. The summed E-state index contributed by atoms with van der Waals surface area (Å²) in [5, 5.41) is 5.15. The number of hydrogen-bond acceptors (Lipinski definition) is 4. The molecule has 3 aromatic heterocycles. The molecule has 0 atom stereocenters. The predicted octanol–water partition coefficient (Wildman–Crippen LogP) is 5.53. The number of aromatic nitrogens is 4. The number of sulfonamides is 1. The van der Waals surface area contributed by atoms with Crippen molar-refractivity contribution in [2.45, 2.75) is 12.7 Å². The summed E-state index contributed by atoms with van der Waals surface area (Å²) in [5.41, 5.74) is 4.08. The molecule has 0 amide bonds. The van der Waals surface area contributed by atoms with Gasteiger partial charge in [0.25, 0.3) is 0 Å². The highest BCUT2D eigenvalue weighted by molar-refractivity contribution is 7.92. The molecule has 2 aromatic carbocycles. The van der Waals surface area contributed by atoms with Gasteiger partial charge in [-0.2, -0.15) is 18.3 Å². The molecule has 5 rings (SSSR count). The van der Waals surface area contributed by atoms with E-state index < -0.39 is 21.8 Å². The molecule has 0 saturated carbocycles. The van der Waals surface area contributed by atoms with E-state index in [1.54, 1.807) is 53.7 Å². The van der Waals surface area contributed by atoms with Crippen LogP contribution in [-0.2, 0) is 22.7 Å². The first-order chi connectivity index (χ1) is 17.0. The number of pyridine rings is 1. The molecule has 3 heterocycles. The van der Waals surface area contributed by atoms with Crippen LogP contribution in [0.3, 0.4) is 0 Å². The Hall–Kier alpha value is -4.12. The quantitative estimate of drug-likeness (QED) is 0.313. The zero-order valence-corrected chi connectivity index (χ0v) is 19.7. The van der Waals surface area contributed by atoms with Gasteiger partial charge in [-0.05, 0) is 41.5 Å². The molecule has 0 unspecified atom stereocenters. The van der Waals surface area contributed by atoms with Crippen molar-refractivity contribution in [1.29, 1.82) is 0 Å². The predicted molar refractivity (Wildman–Crippen MR) is 132 cm³/mol. The van der Waals surface area contributed by atoms with Crippen molar-refractivity contribution < 1.29 is 21.6 Å². The Balaban J connectivity index is 1.44. The average molecular weight is 512 g/mol.